The number of benzene rings is 1. The summed E-state index contributed by atoms with van der Waals surface area (Å²) in [4.78, 5) is 40.8. The average molecular weight is 494 g/mol. The molecule has 0 radical (unpaired) electrons. The van der Waals surface area contributed by atoms with Gasteiger partial charge in [0.25, 0.3) is 5.56 Å². The van der Waals surface area contributed by atoms with Crippen molar-refractivity contribution in [1.82, 2.24) is 9.47 Å². The number of rotatable bonds is 4. The number of nitrogens with zero attached hydrogens (tertiary/aromatic N) is 2. The molecule has 36 heavy (non-hydrogen) atoms. The monoisotopic (exact) mass is 493 g/mol. The summed E-state index contributed by atoms with van der Waals surface area (Å²) >= 11 is 0. The fourth-order valence-electron chi connectivity index (χ4n) is 7.97. The number of nitrogens with one attached hydrogen (secondary N) is 1. The van der Waals surface area contributed by atoms with Gasteiger partial charge in [-0.2, -0.15) is 0 Å². The largest absolute Gasteiger partial charge is 0.450 e. The van der Waals surface area contributed by atoms with Gasteiger partial charge in [0.2, 0.25) is 5.91 Å². The average Bonchev–Trinajstić information content (AvgIpc) is 2.83. The molecule has 2 heterocycles. The Morgan fingerprint density at radius 3 is 2.47 bits per heavy atom. The van der Waals surface area contributed by atoms with Crippen LogP contribution in [0.2, 0.25) is 0 Å². The molecule has 4 saturated carbocycles. The molecular formula is C28H35N3O5. The highest BCUT2D eigenvalue weighted by atomic mass is 16.6. The number of likely N-dealkylation sites (tertiary alicyclic amines) is 1. The topological polar surface area (TPSA) is 101 Å². The normalized spacial score (nSPS) is 31.6. The van der Waals surface area contributed by atoms with Crippen LogP contribution in [0.15, 0.2) is 35.3 Å². The van der Waals surface area contributed by atoms with Crippen molar-refractivity contribution in [3.8, 4) is 0 Å². The van der Waals surface area contributed by atoms with Crippen LogP contribution in [0.3, 0.4) is 0 Å². The van der Waals surface area contributed by atoms with Gasteiger partial charge in [0.05, 0.1) is 17.6 Å². The smallest absolute Gasteiger partial charge is 0.409 e. The van der Waals surface area contributed by atoms with Gasteiger partial charge in [0.1, 0.15) is 0 Å². The van der Waals surface area contributed by atoms with Gasteiger partial charge in [-0.3, -0.25) is 9.59 Å². The molecule has 1 aliphatic heterocycles. The first-order chi connectivity index (χ1) is 17.3. The van der Waals surface area contributed by atoms with Crippen LogP contribution in [0.5, 0.6) is 0 Å². The van der Waals surface area contributed by atoms with Crippen LogP contribution in [0.25, 0.3) is 10.8 Å². The molecule has 1 aromatic heterocycles. The fraction of sp³-hybridized carbons (Fsp3) is 0.607. The number of carbonyl (C=O) groups is 2. The van der Waals surface area contributed by atoms with E-state index in [0.717, 1.165) is 37.5 Å². The Balaban J connectivity index is 1.22. The van der Waals surface area contributed by atoms with E-state index in [-0.39, 0.29) is 23.6 Å². The third kappa shape index (κ3) is 3.90. The zero-order chi connectivity index (χ0) is 25.1. The van der Waals surface area contributed by atoms with Gasteiger partial charge in [0, 0.05) is 41.8 Å². The van der Waals surface area contributed by atoms with E-state index in [1.54, 1.807) is 16.4 Å². The van der Waals surface area contributed by atoms with E-state index in [9.17, 15) is 19.5 Å². The SMILES string of the molecule is CCOC(=O)N1CCC(n2ccc3c(NC(=O)C45CC6C[C@H](C4)C[C@@](O)(C6)C5)cccc3c2=O)CC1. The second-order valence-corrected chi connectivity index (χ2v) is 11.6. The molecule has 4 bridgehead atoms. The number of pyridine rings is 1. The number of aliphatic hydroxyl groups is 1. The number of hydrogen-bond acceptors (Lipinski definition) is 5. The Morgan fingerprint density at radius 2 is 1.81 bits per heavy atom. The Labute approximate surface area is 210 Å². The number of carbonyl (C=O) groups excluding carboxylic acids is 2. The van der Waals surface area contributed by atoms with Crippen LogP contribution in [0.4, 0.5) is 10.5 Å². The number of fused-ring (bicyclic) bond motifs is 1. The summed E-state index contributed by atoms with van der Waals surface area (Å²) in [5.41, 5.74) is -0.636. The predicted octanol–water partition coefficient (Wildman–Crippen LogP) is 4.06. The van der Waals surface area contributed by atoms with E-state index in [1.807, 2.05) is 30.5 Å². The van der Waals surface area contributed by atoms with Crippen molar-refractivity contribution in [2.24, 2.45) is 17.3 Å². The van der Waals surface area contributed by atoms with Crippen LogP contribution in [-0.2, 0) is 9.53 Å². The summed E-state index contributed by atoms with van der Waals surface area (Å²) in [7, 11) is 0. The number of hydrogen-bond donors (Lipinski definition) is 2. The number of amides is 2. The first-order valence-corrected chi connectivity index (χ1v) is 13.4. The van der Waals surface area contributed by atoms with Crippen LogP contribution >= 0.6 is 0 Å². The zero-order valence-electron chi connectivity index (χ0n) is 20.9. The van der Waals surface area contributed by atoms with E-state index in [4.69, 9.17) is 4.74 Å². The van der Waals surface area contributed by atoms with Gasteiger partial charge in [0.15, 0.2) is 0 Å². The lowest BCUT2D eigenvalue weighted by Gasteiger charge is -2.59. The molecule has 7 rings (SSSR count). The van der Waals surface area contributed by atoms with Crippen molar-refractivity contribution in [2.45, 2.75) is 69.9 Å². The molecule has 2 aromatic rings. The fourth-order valence-corrected chi connectivity index (χ4v) is 7.97. The second-order valence-electron chi connectivity index (χ2n) is 11.6. The van der Waals surface area contributed by atoms with Crippen molar-refractivity contribution in [1.29, 1.82) is 0 Å². The molecule has 1 aromatic carbocycles. The van der Waals surface area contributed by atoms with Crippen LogP contribution in [0, 0.1) is 17.3 Å². The lowest BCUT2D eigenvalue weighted by Crippen LogP contribution is -2.59. The van der Waals surface area contributed by atoms with E-state index >= 15 is 0 Å². The first-order valence-electron chi connectivity index (χ1n) is 13.4. The second kappa shape index (κ2) is 8.61. The van der Waals surface area contributed by atoms with Crippen molar-refractivity contribution in [2.75, 3.05) is 25.0 Å². The highest BCUT2D eigenvalue weighted by molar-refractivity contribution is 6.04. The highest BCUT2D eigenvalue weighted by Crippen LogP contribution is 2.61. The Kier molecular flexibility index (Phi) is 5.63. The number of aromatic nitrogens is 1. The summed E-state index contributed by atoms with van der Waals surface area (Å²) in [6, 6.07) is 7.41. The Bertz CT molecular complexity index is 1250. The molecule has 2 N–H and O–H groups in total. The van der Waals surface area contributed by atoms with E-state index in [1.165, 1.54) is 0 Å². The number of anilines is 1. The van der Waals surface area contributed by atoms with E-state index < -0.39 is 11.0 Å². The minimum atomic E-state index is -0.698. The van der Waals surface area contributed by atoms with Gasteiger partial charge in [-0.05, 0) is 88.3 Å². The molecule has 2 unspecified atom stereocenters. The molecule has 5 fully saturated rings. The Morgan fingerprint density at radius 1 is 1.08 bits per heavy atom. The minimum Gasteiger partial charge on any atom is -0.450 e. The summed E-state index contributed by atoms with van der Waals surface area (Å²) < 4.78 is 6.87. The van der Waals surface area contributed by atoms with Crippen molar-refractivity contribution in [3.63, 3.8) is 0 Å². The van der Waals surface area contributed by atoms with Crippen molar-refractivity contribution >= 4 is 28.5 Å². The summed E-state index contributed by atoms with van der Waals surface area (Å²) in [5.74, 6) is 0.840. The number of ether oxygens (including phenoxy) is 1. The van der Waals surface area contributed by atoms with Crippen molar-refractivity contribution in [3.05, 3.63) is 40.8 Å². The maximum atomic E-state index is 13.6. The summed E-state index contributed by atoms with van der Waals surface area (Å²) in [5, 5.41) is 15.5. The maximum Gasteiger partial charge on any atom is 0.409 e. The molecule has 8 nitrogen and oxygen atoms in total. The summed E-state index contributed by atoms with van der Waals surface area (Å²) in [6.07, 6.45) is 7.91. The molecule has 4 atom stereocenters. The van der Waals surface area contributed by atoms with Gasteiger partial charge in [-0.25, -0.2) is 4.79 Å². The molecule has 1 saturated heterocycles. The van der Waals surface area contributed by atoms with E-state index in [2.05, 4.69) is 5.32 Å². The first kappa shape index (κ1) is 23.5. The van der Waals surface area contributed by atoms with Gasteiger partial charge in [-0.1, -0.05) is 6.07 Å². The molecular weight excluding hydrogens is 458 g/mol. The van der Waals surface area contributed by atoms with E-state index in [0.29, 0.717) is 61.9 Å². The van der Waals surface area contributed by atoms with Crippen LogP contribution in [0.1, 0.15) is 64.3 Å². The summed E-state index contributed by atoms with van der Waals surface area (Å²) in [6.45, 7) is 3.26. The lowest BCUT2D eigenvalue weighted by atomic mass is 9.47. The standard InChI is InChI=1S/C28H35N3O5/c1-2-36-26(34)30-9-6-20(7-10-30)31-11-8-21-22(24(31)32)4-3-5-23(21)29-25(33)27-13-18-12-19(14-27)16-28(35,15-18)17-27/h3-5,8,11,18-20,35H,2,6-7,9-10,12-17H2,1H3,(H,29,33)/t18-,19?,27?,28-/m1/s1. The molecule has 2 amide bonds. The molecule has 0 spiro atoms. The highest BCUT2D eigenvalue weighted by Gasteiger charge is 2.60. The third-order valence-electron chi connectivity index (χ3n) is 9.12. The van der Waals surface area contributed by atoms with Gasteiger partial charge < -0.3 is 24.6 Å². The Hall–Kier alpha value is -2.87. The minimum absolute atomic E-state index is 0.0126. The van der Waals surface area contributed by atoms with Crippen molar-refractivity contribution < 1.29 is 19.4 Å². The molecule has 5 aliphatic rings. The molecule has 4 aliphatic carbocycles. The molecule has 8 heteroatoms. The third-order valence-corrected chi connectivity index (χ3v) is 9.12. The van der Waals surface area contributed by atoms with Crippen LogP contribution < -0.4 is 10.9 Å². The maximum absolute atomic E-state index is 13.6. The molecule has 192 valence electrons. The lowest BCUT2D eigenvalue weighted by molar-refractivity contribution is -0.174. The number of piperidine rings is 1. The van der Waals surface area contributed by atoms with Crippen LogP contribution in [-0.4, -0.2) is 51.9 Å². The van der Waals surface area contributed by atoms with Gasteiger partial charge in [-0.15, -0.1) is 0 Å². The zero-order valence-corrected chi connectivity index (χ0v) is 20.9. The quantitative estimate of drug-likeness (QED) is 0.669. The predicted molar refractivity (Wildman–Crippen MR) is 136 cm³/mol. The van der Waals surface area contributed by atoms with Gasteiger partial charge >= 0.3 is 6.09 Å².